The van der Waals surface area contributed by atoms with Gasteiger partial charge in [-0.1, -0.05) is 0 Å². The summed E-state index contributed by atoms with van der Waals surface area (Å²) < 4.78 is 45.7. The molecule has 1 aromatic heterocycles. The van der Waals surface area contributed by atoms with Gasteiger partial charge in [0, 0.05) is 37.0 Å². The number of anilines is 3. The number of methoxy groups -OCH3 is 1. The first kappa shape index (κ1) is 24.6. The third-order valence-corrected chi connectivity index (χ3v) is 7.43. The van der Waals surface area contributed by atoms with Gasteiger partial charge in [0.25, 0.3) is 0 Å². The maximum atomic E-state index is 13.4. The zero-order chi connectivity index (χ0) is 25.6. The Morgan fingerprint density at radius 3 is 2.50 bits per heavy atom. The minimum Gasteiger partial charge on any atom is -0.399 e. The van der Waals surface area contributed by atoms with E-state index in [2.05, 4.69) is 21.3 Å². The Balaban J connectivity index is 1.55. The van der Waals surface area contributed by atoms with Crippen LogP contribution in [0.2, 0.25) is 0 Å². The van der Waals surface area contributed by atoms with E-state index in [0.717, 1.165) is 68.2 Å². The van der Waals surface area contributed by atoms with Crippen LogP contribution in [-0.2, 0) is 23.8 Å². The van der Waals surface area contributed by atoms with Crippen LogP contribution in [0.3, 0.4) is 0 Å². The van der Waals surface area contributed by atoms with Crippen molar-refractivity contribution in [3.63, 3.8) is 0 Å². The predicted molar refractivity (Wildman–Crippen MR) is 136 cm³/mol. The number of halogens is 3. The molecule has 2 aliphatic rings. The van der Waals surface area contributed by atoms with Gasteiger partial charge in [-0.3, -0.25) is 0 Å². The number of nitrogens with two attached hydrogens (primary N) is 1. The Bertz CT molecular complexity index is 1280. The third-order valence-electron chi connectivity index (χ3n) is 7.43. The largest absolute Gasteiger partial charge is 0.416 e. The summed E-state index contributed by atoms with van der Waals surface area (Å²) in [6.07, 6.45) is 0.855. The van der Waals surface area contributed by atoms with Crippen LogP contribution in [0, 0.1) is 6.92 Å². The van der Waals surface area contributed by atoms with Crippen molar-refractivity contribution in [3.8, 4) is 0 Å². The fraction of sp³-hybridized carbons (Fsp3) is 0.481. The van der Waals surface area contributed by atoms with Gasteiger partial charge in [0.15, 0.2) is 0 Å². The molecular weight excluding hydrogens is 467 g/mol. The maximum Gasteiger partial charge on any atom is 0.416 e. The molecule has 2 heterocycles. The van der Waals surface area contributed by atoms with Crippen LogP contribution >= 0.6 is 0 Å². The summed E-state index contributed by atoms with van der Waals surface area (Å²) in [6, 6.07) is 5.41. The molecule has 0 amide bonds. The van der Waals surface area contributed by atoms with Gasteiger partial charge >= 0.3 is 6.18 Å². The lowest BCUT2D eigenvalue weighted by atomic mass is 9.99. The first-order chi connectivity index (χ1) is 17.1. The molecule has 1 aliphatic carbocycles. The molecule has 0 radical (unpaired) electrons. The van der Waals surface area contributed by atoms with E-state index in [-0.39, 0.29) is 5.69 Å². The normalized spacial score (nSPS) is 17.4. The molecule has 0 bridgehead atoms. The molecule has 0 saturated carbocycles. The number of aryl methyl sites for hydroxylation is 2. The molecule has 0 unspecified atom stereocenters. The second-order valence-electron chi connectivity index (χ2n) is 9.90. The molecule has 0 spiro atoms. The minimum absolute atomic E-state index is 0.0803. The Kier molecular flexibility index (Phi) is 6.44. The number of ether oxygens (including phenoxy) is 1. The van der Waals surface area contributed by atoms with Gasteiger partial charge in [-0.05, 0) is 86.9 Å². The Hall–Kier alpha value is -3.07. The maximum absolute atomic E-state index is 13.4. The lowest BCUT2D eigenvalue weighted by molar-refractivity contribution is -0.137. The Morgan fingerprint density at radius 1 is 1.08 bits per heavy atom. The number of nitrogen functional groups attached to an aromatic ring is 1. The number of rotatable bonds is 5. The highest BCUT2D eigenvalue weighted by atomic mass is 19.4. The molecule has 2 aromatic carbocycles. The van der Waals surface area contributed by atoms with Crippen molar-refractivity contribution in [2.75, 3.05) is 36.1 Å². The number of fused-ring (bicyclic) bond motifs is 3. The highest BCUT2D eigenvalue weighted by molar-refractivity contribution is 5.96. The molecule has 36 heavy (non-hydrogen) atoms. The van der Waals surface area contributed by atoms with E-state index in [9.17, 15) is 13.2 Å². The predicted octanol–water partition coefficient (Wildman–Crippen LogP) is 5.82. The highest BCUT2D eigenvalue weighted by Crippen LogP contribution is 2.40. The Morgan fingerprint density at radius 2 is 1.81 bits per heavy atom. The molecule has 3 aromatic rings. The van der Waals surface area contributed by atoms with Gasteiger partial charge in [0.1, 0.15) is 11.6 Å². The van der Waals surface area contributed by atoms with E-state index in [1.807, 2.05) is 13.8 Å². The zero-order valence-corrected chi connectivity index (χ0v) is 20.9. The first-order valence-electron chi connectivity index (χ1n) is 12.5. The summed E-state index contributed by atoms with van der Waals surface area (Å²) in [5.41, 5.74) is 10.4. The van der Waals surface area contributed by atoms with Crippen LogP contribution in [0.15, 0.2) is 24.3 Å². The smallest absolute Gasteiger partial charge is 0.399 e. The number of aromatic nitrogens is 2. The zero-order valence-electron chi connectivity index (χ0n) is 20.9. The molecular formula is C27H32F3N5O. The number of hydrogen-bond acceptors (Lipinski definition) is 6. The molecule has 1 saturated heterocycles. The quantitative estimate of drug-likeness (QED) is 0.431. The molecule has 3 N–H and O–H groups in total. The van der Waals surface area contributed by atoms with Crippen LogP contribution in [0.4, 0.5) is 30.4 Å². The summed E-state index contributed by atoms with van der Waals surface area (Å²) >= 11 is 0. The van der Waals surface area contributed by atoms with Gasteiger partial charge in [-0.15, -0.1) is 0 Å². The molecule has 1 atom stereocenters. The van der Waals surface area contributed by atoms with Crippen LogP contribution in [0.5, 0.6) is 0 Å². The number of nitrogens with zero attached hydrogens (tertiary/aromatic N) is 3. The van der Waals surface area contributed by atoms with Gasteiger partial charge in [-0.25, -0.2) is 9.97 Å². The van der Waals surface area contributed by atoms with Crippen molar-refractivity contribution in [1.29, 1.82) is 0 Å². The molecule has 9 heteroatoms. The summed E-state index contributed by atoms with van der Waals surface area (Å²) in [5.74, 6) is 1.26. The molecule has 1 fully saturated rings. The monoisotopic (exact) mass is 499 g/mol. The number of piperidine rings is 1. The van der Waals surface area contributed by atoms with Crippen LogP contribution in [0.25, 0.3) is 10.9 Å². The van der Waals surface area contributed by atoms with Gasteiger partial charge in [-0.2, -0.15) is 13.2 Å². The summed E-state index contributed by atoms with van der Waals surface area (Å²) in [6.45, 7) is 5.52. The summed E-state index contributed by atoms with van der Waals surface area (Å²) in [7, 11) is 1.77. The van der Waals surface area contributed by atoms with E-state index in [0.29, 0.717) is 23.3 Å². The van der Waals surface area contributed by atoms with Crippen LogP contribution < -0.4 is 16.0 Å². The standard InChI is InChI=1S/C27H32F3N5O/c1-15(17-11-18(27(28,29)30)13-19(31)12-17)32-26-23-14-24(35-9-7-20(36-3)8-10-35)21-5-4-6-22(21)25(23)33-16(2)34-26/h11-15,20H,4-10,31H2,1-3H3,(H,32,33,34)/t15-/m1/s1. The number of alkyl halides is 3. The molecule has 192 valence electrons. The number of benzene rings is 2. The topological polar surface area (TPSA) is 76.3 Å². The van der Waals surface area contributed by atoms with Crippen molar-refractivity contribution in [3.05, 3.63) is 52.3 Å². The fourth-order valence-electron chi connectivity index (χ4n) is 5.56. The fourth-order valence-corrected chi connectivity index (χ4v) is 5.56. The van der Waals surface area contributed by atoms with E-state index in [1.165, 1.54) is 16.8 Å². The average molecular weight is 500 g/mol. The first-order valence-corrected chi connectivity index (χ1v) is 12.5. The van der Waals surface area contributed by atoms with Crippen molar-refractivity contribution < 1.29 is 17.9 Å². The van der Waals surface area contributed by atoms with Crippen molar-refractivity contribution >= 4 is 28.1 Å². The lowest BCUT2D eigenvalue weighted by Crippen LogP contribution is -2.37. The van der Waals surface area contributed by atoms with E-state index in [4.69, 9.17) is 15.5 Å². The SMILES string of the molecule is COC1CCN(c2cc3c(N[C@H](C)c4cc(N)cc(C(F)(F)F)c4)nc(C)nc3c3c2CCC3)CC1. The lowest BCUT2D eigenvalue weighted by Gasteiger charge is -2.34. The summed E-state index contributed by atoms with van der Waals surface area (Å²) in [5, 5.41) is 4.27. The van der Waals surface area contributed by atoms with E-state index in [1.54, 1.807) is 13.2 Å². The molecule has 6 nitrogen and oxygen atoms in total. The summed E-state index contributed by atoms with van der Waals surface area (Å²) in [4.78, 5) is 11.9. The molecule has 1 aliphatic heterocycles. The highest BCUT2D eigenvalue weighted by Gasteiger charge is 2.32. The second-order valence-corrected chi connectivity index (χ2v) is 9.90. The Labute approximate surface area is 209 Å². The van der Waals surface area contributed by atoms with Crippen molar-refractivity contribution in [2.24, 2.45) is 0 Å². The van der Waals surface area contributed by atoms with Crippen LogP contribution in [0.1, 0.15) is 60.3 Å². The van der Waals surface area contributed by atoms with E-state index >= 15 is 0 Å². The van der Waals surface area contributed by atoms with Crippen LogP contribution in [-0.4, -0.2) is 36.3 Å². The van der Waals surface area contributed by atoms with Crippen molar-refractivity contribution in [1.82, 2.24) is 9.97 Å². The van der Waals surface area contributed by atoms with Gasteiger partial charge in [0.05, 0.1) is 23.2 Å². The minimum atomic E-state index is -4.46. The van der Waals surface area contributed by atoms with Gasteiger partial charge < -0.3 is 20.7 Å². The average Bonchev–Trinajstić information content (AvgIpc) is 3.33. The van der Waals surface area contributed by atoms with Crippen molar-refractivity contribution in [2.45, 2.75) is 64.3 Å². The van der Waals surface area contributed by atoms with E-state index < -0.39 is 17.8 Å². The third kappa shape index (κ3) is 4.68. The molecule has 5 rings (SSSR count). The number of hydrogen-bond donors (Lipinski definition) is 2. The van der Waals surface area contributed by atoms with Gasteiger partial charge in [0.2, 0.25) is 0 Å². The number of nitrogens with one attached hydrogen (secondary N) is 1. The second kappa shape index (κ2) is 9.42.